The fourth-order valence-electron chi connectivity index (χ4n) is 3.85. The highest BCUT2D eigenvalue weighted by Crippen LogP contribution is 2.30. The Labute approximate surface area is 185 Å². The Hall–Kier alpha value is -2.27. The van der Waals surface area contributed by atoms with E-state index in [1.807, 2.05) is 7.05 Å². The predicted molar refractivity (Wildman–Crippen MR) is 115 cm³/mol. The minimum Gasteiger partial charge on any atom is -0.379 e. The fraction of sp³-hybridized carbons (Fsp3) is 0.545. The molecule has 0 radical (unpaired) electrons. The maximum Gasteiger partial charge on any atom is 0.266 e. The van der Waals surface area contributed by atoms with Crippen molar-refractivity contribution in [1.29, 1.82) is 0 Å². The summed E-state index contributed by atoms with van der Waals surface area (Å²) in [5.41, 5.74) is 1.54. The molecule has 7 nitrogen and oxygen atoms in total. The van der Waals surface area contributed by atoms with Crippen molar-refractivity contribution in [3.8, 4) is 0 Å². The minimum absolute atomic E-state index is 0.0747. The summed E-state index contributed by atoms with van der Waals surface area (Å²) in [5.74, 6) is 0.791. The summed E-state index contributed by atoms with van der Waals surface area (Å²) in [7, 11) is 1.89. The molecule has 0 spiro atoms. The van der Waals surface area contributed by atoms with Crippen LogP contribution in [0.15, 0.2) is 18.2 Å². The number of rotatable bonds is 11. The lowest BCUT2D eigenvalue weighted by Gasteiger charge is -2.26. The van der Waals surface area contributed by atoms with Crippen LogP contribution < -0.4 is 16.0 Å². The van der Waals surface area contributed by atoms with E-state index in [1.165, 1.54) is 12.1 Å². The van der Waals surface area contributed by atoms with Crippen molar-refractivity contribution >= 4 is 5.82 Å². The number of anilines is 1. The molecule has 0 unspecified atom stereocenters. The summed E-state index contributed by atoms with van der Waals surface area (Å²) in [5, 5.41) is 9.47. The molecule has 1 aromatic carbocycles. The summed E-state index contributed by atoms with van der Waals surface area (Å²) in [6.45, 7) is 5.94. The van der Waals surface area contributed by atoms with Gasteiger partial charge in [-0.1, -0.05) is 18.2 Å². The van der Waals surface area contributed by atoms with Crippen LogP contribution in [0.25, 0.3) is 0 Å². The van der Waals surface area contributed by atoms with E-state index in [2.05, 4.69) is 20.9 Å². The summed E-state index contributed by atoms with van der Waals surface area (Å²) < 4.78 is 46.2. The first-order chi connectivity index (χ1) is 15.6. The van der Waals surface area contributed by atoms with Crippen LogP contribution in [0.2, 0.25) is 0 Å². The van der Waals surface area contributed by atoms with Gasteiger partial charge >= 0.3 is 0 Å². The third-order valence-electron chi connectivity index (χ3n) is 5.85. The largest absolute Gasteiger partial charge is 0.379 e. The highest BCUT2D eigenvalue weighted by Gasteiger charge is 2.29. The molecule has 3 N–H and O–H groups in total. The van der Waals surface area contributed by atoms with E-state index < -0.39 is 17.8 Å². The van der Waals surface area contributed by atoms with Crippen molar-refractivity contribution in [2.45, 2.75) is 32.0 Å². The zero-order chi connectivity index (χ0) is 22.5. The molecule has 1 aromatic heterocycles. The number of ether oxygens (including phenoxy) is 1. The Morgan fingerprint density at radius 2 is 2.06 bits per heavy atom. The Morgan fingerprint density at radius 1 is 1.22 bits per heavy atom. The molecule has 0 amide bonds. The summed E-state index contributed by atoms with van der Waals surface area (Å²) in [6, 6.07) is 4.08. The third-order valence-corrected chi connectivity index (χ3v) is 5.85. The molecular formula is C22H29F3N6O. The van der Waals surface area contributed by atoms with Gasteiger partial charge in [0.15, 0.2) is 0 Å². The lowest BCUT2D eigenvalue weighted by atomic mass is 10.0. The maximum absolute atomic E-state index is 14.5. The second kappa shape index (κ2) is 10.6. The van der Waals surface area contributed by atoms with E-state index in [9.17, 15) is 13.2 Å². The molecule has 3 heterocycles. The average Bonchev–Trinajstić information content (AvgIpc) is 3.14. The molecule has 2 aliphatic heterocycles. The lowest BCUT2D eigenvalue weighted by Crippen LogP contribution is -2.41. The first-order valence-corrected chi connectivity index (χ1v) is 10.9. The molecule has 2 aliphatic rings. The van der Waals surface area contributed by atoms with Gasteiger partial charge in [-0.25, -0.2) is 23.1 Å². The van der Waals surface area contributed by atoms with Gasteiger partial charge < -0.3 is 20.7 Å². The van der Waals surface area contributed by atoms with Crippen LogP contribution in [0, 0.1) is 5.82 Å². The standard InChI is InChI=1S/C22H29F3N6O/c1-26-5-7-32-8-6-31-12-17-18(13-31)29-21(15-9-27-10-15)30-22(17)28-11-14-3-2-4-16(19(14)23)20(24)25/h2-4,15,20,26-27H,5-13H2,1H3,(H,28,29,30). The number of nitrogens with one attached hydrogen (secondary N) is 3. The molecule has 10 heteroatoms. The van der Waals surface area contributed by atoms with Crippen molar-refractivity contribution < 1.29 is 17.9 Å². The Bertz CT molecular complexity index is 925. The van der Waals surface area contributed by atoms with Crippen LogP contribution in [-0.2, 0) is 24.4 Å². The number of alkyl halides is 2. The minimum atomic E-state index is -2.85. The zero-order valence-electron chi connectivity index (χ0n) is 18.1. The molecule has 1 fully saturated rings. The highest BCUT2D eigenvalue weighted by molar-refractivity contribution is 5.49. The van der Waals surface area contributed by atoms with Crippen molar-refractivity contribution in [1.82, 2.24) is 25.5 Å². The highest BCUT2D eigenvalue weighted by atomic mass is 19.3. The molecule has 0 atom stereocenters. The van der Waals surface area contributed by atoms with Gasteiger partial charge in [-0.15, -0.1) is 0 Å². The van der Waals surface area contributed by atoms with E-state index in [0.717, 1.165) is 49.3 Å². The third kappa shape index (κ3) is 5.20. The molecular weight excluding hydrogens is 421 g/mol. The second-order valence-electron chi connectivity index (χ2n) is 8.11. The van der Waals surface area contributed by atoms with Crippen LogP contribution in [0.5, 0.6) is 0 Å². The second-order valence-corrected chi connectivity index (χ2v) is 8.11. The summed E-state index contributed by atoms with van der Waals surface area (Å²) >= 11 is 0. The Balaban J connectivity index is 1.48. The molecule has 4 rings (SSSR count). The van der Waals surface area contributed by atoms with Gasteiger partial charge in [0, 0.05) is 62.9 Å². The number of likely N-dealkylation sites (N-methyl/N-ethyl adjacent to an activating group) is 1. The van der Waals surface area contributed by atoms with E-state index in [1.54, 1.807) is 0 Å². The number of benzene rings is 1. The summed E-state index contributed by atoms with van der Waals surface area (Å²) in [4.78, 5) is 11.8. The van der Waals surface area contributed by atoms with Crippen LogP contribution in [0.3, 0.4) is 0 Å². The number of hydrogen-bond acceptors (Lipinski definition) is 7. The molecule has 0 bridgehead atoms. The van der Waals surface area contributed by atoms with Crippen LogP contribution in [-0.4, -0.2) is 61.3 Å². The van der Waals surface area contributed by atoms with Crippen LogP contribution >= 0.6 is 0 Å². The average molecular weight is 451 g/mol. The topological polar surface area (TPSA) is 74.3 Å². The van der Waals surface area contributed by atoms with Crippen molar-refractivity contribution in [2.24, 2.45) is 0 Å². The first-order valence-electron chi connectivity index (χ1n) is 10.9. The van der Waals surface area contributed by atoms with E-state index in [4.69, 9.17) is 14.7 Å². The Kier molecular flexibility index (Phi) is 7.56. The molecule has 174 valence electrons. The zero-order valence-corrected chi connectivity index (χ0v) is 18.1. The number of halogens is 3. The normalized spacial score (nSPS) is 16.4. The summed E-state index contributed by atoms with van der Waals surface area (Å²) in [6.07, 6.45) is -2.85. The number of hydrogen-bond donors (Lipinski definition) is 3. The number of fused-ring (bicyclic) bond motifs is 1. The van der Waals surface area contributed by atoms with Gasteiger partial charge in [0.25, 0.3) is 6.43 Å². The predicted octanol–water partition coefficient (Wildman–Crippen LogP) is 2.40. The molecule has 1 saturated heterocycles. The van der Waals surface area contributed by atoms with Gasteiger partial charge in [-0.05, 0) is 7.05 Å². The van der Waals surface area contributed by atoms with Gasteiger partial charge in [-0.3, -0.25) is 4.90 Å². The van der Waals surface area contributed by atoms with Gasteiger partial charge in [-0.2, -0.15) is 0 Å². The first kappa shape index (κ1) is 22.9. The monoisotopic (exact) mass is 450 g/mol. The van der Waals surface area contributed by atoms with Gasteiger partial charge in [0.1, 0.15) is 17.5 Å². The van der Waals surface area contributed by atoms with E-state index in [-0.39, 0.29) is 18.0 Å². The smallest absolute Gasteiger partial charge is 0.266 e. The molecule has 0 aliphatic carbocycles. The van der Waals surface area contributed by atoms with Crippen LogP contribution in [0.4, 0.5) is 19.0 Å². The molecule has 2 aromatic rings. The van der Waals surface area contributed by atoms with E-state index in [0.29, 0.717) is 32.1 Å². The molecule has 0 saturated carbocycles. The van der Waals surface area contributed by atoms with Crippen molar-refractivity contribution in [2.75, 3.05) is 51.8 Å². The number of nitrogens with zero attached hydrogens (tertiary/aromatic N) is 3. The Morgan fingerprint density at radius 3 is 2.78 bits per heavy atom. The van der Waals surface area contributed by atoms with Crippen LogP contribution in [0.1, 0.15) is 40.6 Å². The van der Waals surface area contributed by atoms with E-state index >= 15 is 0 Å². The van der Waals surface area contributed by atoms with Gasteiger partial charge in [0.05, 0.1) is 24.5 Å². The number of aromatic nitrogens is 2. The fourth-order valence-corrected chi connectivity index (χ4v) is 3.85. The molecule has 32 heavy (non-hydrogen) atoms. The van der Waals surface area contributed by atoms with Crippen molar-refractivity contribution in [3.63, 3.8) is 0 Å². The quantitative estimate of drug-likeness (QED) is 0.454. The SMILES string of the molecule is CNCCOCCN1Cc2nc(C3CNC3)nc(NCc3cccc(C(F)F)c3F)c2C1. The lowest BCUT2D eigenvalue weighted by molar-refractivity contribution is 0.105. The van der Waals surface area contributed by atoms with Crippen molar-refractivity contribution in [3.05, 3.63) is 52.2 Å². The van der Waals surface area contributed by atoms with Gasteiger partial charge in [0.2, 0.25) is 0 Å². The maximum atomic E-state index is 14.5.